The highest BCUT2D eigenvalue weighted by Gasteiger charge is 2.49. The molecule has 0 unspecified atom stereocenters. The maximum atomic E-state index is 12.9. The molecule has 1 aromatic heterocycles. The summed E-state index contributed by atoms with van der Waals surface area (Å²) in [5.41, 5.74) is -4.58. The number of alkyl halides is 3. The highest BCUT2D eigenvalue weighted by Crippen LogP contribution is 2.35. The minimum Gasteiger partial charge on any atom is -0.465 e. The highest BCUT2D eigenvalue weighted by atomic mass is 32.2. The first-order chi connectivity index (χ1) is 14.9. The molecule has 8 nitrogen and oxygen atoms in total. The fraction of sp³-hybridized carbons (Fsp3) is 0.250. The number of carbonyl (C=O) groups excluding carboxylic acids is 1. The first kappa shape index (κ1) is 23.3. The number of hydrogen-bond acceptors (Lipinski definition) is 8. The van der Waals surface area contributed by atoms with Crippen LogP contribution >= 0.6 is 0 Å². The lowest BCUT2D eigenvalue weighted by Crippen LogP contribution is -2.30. The molecule has 1 heterocycles. The van der Waals surface area contributed by atoms with Crippen molar-refractivity contribution in [3.8, 4) is 5.88 Å². The van der Waals surface area contributed by atoms with E-state index in [9.17, 15) is 26.4 Å². The van der Waals surface area contributed by atoms with Crippen LogP contribution in [0.5, 0.6) is 5.88 Å². The van der Waals surface area contributed by atoms with E-state index in [4.69, 9.17) is 0 Å². The monoisotopic (exact) mass is 469 g/mol. The van der Waals surface area contributed by atoms with Gasteiger partial charge in [-0.05, 0) is 30.7 Å². The second kappa shape index (κ2) is 8.61. The molecule has 0 N–H and O–H groups in total. The van der Waals surface area contributed by atoms with E-state index in [1.54, 1.807) is 37.3 Å². The van der Waals surface area contributed by atoms with Crippen LogP contribution in [0.1, 0.15) is 28.9 Å². The fourth-order valence-corrected chi connectivity index (χ4v) is 3.26. The van der Waals surface area contributed by atoms with E-state index in [0.29, 0.717) is 0 Å². The summed E-state index contributed by atoms with van der Waals surface area (Å²) < 4.78 is 71.2. The predicted molar refractivity (Wildman–Crippen MR) is 110 cm³/mol. The Kier molecular flexibility index (Phi) is 6.26. The van der Waals surface area contributed by atoms with Gasteiger partial charge in [0.05, 0.1) is 29.7 Å². The summed E-state index contributed by atoms with van der Waals surface area (Å²) in [5.74, 6) is -1.75. The molecule has 0 radical (unpaired) electrons. The summed E-state index contributed by atoms with van der Waals surface area (Å²) >= 11 is 0. The van der Waals surface area contributed by atoms with Crippen LogP contribution in [0.2, 0.25) is 0 Å². The predicted octanol–water partition coefficient (Wildman–Crippen LogP) is 3.84. The van der Waals surface area contributed by atoms with E-state index in [2.05, 4.69) is 18.9 Å². The average molecular weight is 469 g/mol. The van der Waals surface area contributed by atoms with Gasteiger partial charge < -0.3 is 13.8 Å². The summed E-state index contributed by atoms with van der Waals surface area (Å²) in [6.45, 7) is 1.74. The number of hydrogen-bond donors (Lipinski definition) is 0. The van der Waals surface area contributed by atoms with Gasteiger partial charge in [-0.25, -0.2) is 14.8 Å². The minimum absolute atomic E-state index is 0.0227. The zero-order valence-electron chi connectivity index (χ0n) is 17.1. The van der Waals surface area contributed by atoms with Gasteiger partial charge in [0.1, 0.15) is 0 Å². The Hall–Kier alpha value is -3.41. The minimum atomic E-state index is -5.99. The van der Waals surface area contributed by atoms with E-state index in [-0.39, 0.29) is 22.4 Å². The van der Waals surface area contributed by atoms with Crippen LogP contribution in [0, 0.1) is 0 Å². The first-order valence-corrected chi connectivity index (χ1v) is 10.5. The van der Waals surface area contributed by atoms with Crippen molar-refractivity contribution >= 4 is 32.9 Å². The smallest absolute Gasteiger partial charge is 0.465 e. The Labute approximate surface area is 181 Å². The Morgan fingerprint density at radius 3 is 2.31 bits per heavy atom. The van der Waals surface area contributed by atoms with E-state index >= 15 is 0 Å². The number of anilines is 1. The van der Waals surface area contributed by atoms with Gasteiger partial charge in [0.15, 0.2) is 5.82 Å². The number of rotatable bonds is 6. The molecule has 0 bridgehead atoms. The SMILES string of the molecule is COC(=O)c1ccc2nc(OS(=O)(=O)C(F)(F)F)c(N(C)[C@@H](C)c3ccccc3)nc2c1. The van der Waals surface area contributed by atoms with Crippen molar-refractivity contribution in [2.24, 2.45) is 0 Å². The van der Waals surface area contributed by atoms with E-state index in [1.807, 2.05) is 0 Å². The van der Waals surface area contributed by atoms with Crippen molar-refractivity contribution < 1.29 is 35.3 Å². The zero-order valence-corrected chi connectivity index (χ0v) is 17.9. The van der Waals surface area contributed by atoms with Crippen molar-refractivity contribution in [3.05, 3.63) is 59.7 Å². The molecule has 0 fully saturated rings. The van der Waals surface area contributed by atoms with E-state index < -0.39 is 33.5 Å². The zero-order chi connectivity index (χ0) is 23.7. The van der Waals surface area contributed by atoms with Gasteiger partial charge in [0, 0.05) is 7.05 Å². The Morgan fingerprint density at radius 1 is 1.06 bits per heavy atom. The lowest BCUT2D eigenvalue weighted by molar-refractivity contribution is -0.0501. The Balaban J connectivity index is 2.17. The summed E-state index contributed by atoms with van der Waals surface area (Å²) in [5, 5.41) is 0. The molecule has 0 aliphatic heterocycles. The number of esters is 1. The number of benzene rings is 2. The molecule has 170 valence electrons. The summed E-state index contributed by atoms with van der Waals surface area (Å²) in [4.78, 5) is 21.5. The molecule has 0 saturated carbocycles. The van der Waals surface area contributed by atoms with Gasteiger partial charge >= 0.3 is 21.6 Å². The van der Waals surface area contributed by atoms with Crippen LogP contribution in [-0.4, -0.2) is 44.0 Å². The van der Waals surface area contributed by atoms with Crippen molar-refractivity contribution in [2.75, 3.05) is 19.1 Å². The molecule has 12 heteroatoms. The van der Waals surface area contributed by atoms with Crippen LogP contribution in [0.4, 0.5) is 19.0 Å². The molecule has 0 saturated heterocycles. The first-order valence-electron chi connectivity index (χ1n) is 9.13. The Morgan fingerprint density at radius 2 is 1.72 bits per heavy atom. The van der Waals surface area contributed by atoms with Gasteiger partial charge in [-0.15, -0.1) is 0 Å². The van der Waals surface area contributed by atoms with Crippen LogP contribution < -0.4 is 9.08 Å². The molecule has 0 amide bonds. The number of fused-ring (bicyclic) bond motifs is 1. The summed E-state index contributed by atoms with van der Waals surface area (Å²) in [7, 11) is -3.30. The van der Waals surface area contributed by atoms with Crippen molar-refractivity contribution in [1.29, 1.82) is 0 Å². The molecular formula is C20H18F3N3O5S. The second-order valence-corrected chi connectivity index (χ2v) is 8.27. The lowest BCUT2D eigenvalue weighted by Gasteiger charge is -2.27. The molecule has 3 rings (SSSR count). The second-order valence-electron chi connectivity index (χ2n) is 6.73. The van der Waals surface area contributed by atoms with Gasteiger partial charge in [0.2, 0.25) is 0 Å². The number of aromatic nitrogens is 2. The Bertz CT molecular complexity index is 1250. The normalized spacial score (nSPS) is 12.9. The fourth-order valence-electron chi connectivity index (χ4n) is 2.85. The standard InChI is InChI=1S/C20H18F3N3O5S/c1-12(13-7-5-4-6-8-13)26(2)17-18(31-32(28,29)20(21,22)23)25-15-10-9-14(19(27)30-3)11-16(15)24-17/h4-12H,1-3H3/t12-/m0/s1. The molecule has 32 heavy (non-hydrogen) atoms. The van der Waals surface area contributed by atoms with Gasteiger partial charge in [-0.1, -0.05) is 30.3 Å². The molecule has 0 aliphatic carbocycles. The molecule has 3 aromatic rings. The molecular weight excluding hydrogens is 451 g/mol. The van der Waals surface area contributed by atoms with Crippen molar-refractivity contribution in [1.82, 2.24) is 9.97 Å². The van der Waals surface area contributed by atoms with Crippen molar-refractivity contribution in [3.63, 3.8) is 0 Å². The van der Waals surface area contributed by atoms with Crippen LogP contribution in [-0.2, 0) is 14.9 Å². The largest absolute Gasteiger partial charge is 0.534 e. The van der Waals surface area contributed by atoms with Gasteiger partial charge in [-0.3, -0.25) is 0 Å². The van der Waals surface area contributed by atoms with E-state index in [0.717, 1.165) is 5.56 Å². The number of halogens is 3. The number of carbonyl (C=O) groups is 1. The number of nitrogens with zero attached hydrogens (tertiary/aromatic N) is 3. The van der Waals surface area contributed by atoms with E-state index in [1.165, 1.54) is 37.3 Å². The molecule has 0 spiro atoms. The summed E-state index contributed by atoms with van der Waals surface area (Å²) in [6, 6.07) is 12.4. The summed E-state index contributed by atoms with van der Waals surface area (Å²) in [6.07, 6.45) is 0. The molecule has 0 aliphatic rings. The average Bonchev–Trinajstić information content (AvgIpc) is 2.76. The quantitative estimate of drug-likeness (QED) is 0.305. The topological polar surface area (TPSA) is 98.7 Å². The van der Waals surface area contributed by atoms with Crippen LogP contribution in [0.25, 0.3) is 11.0 Å². The molecule has 1 atom stereocenters. The number of methoxy groups -OCH3 is 1. The lowest BCUT2D eigenvalue weighted by atomic mass is 10.1. The van der Waals surface area contributed by atoms with Gasteiger partial charge in [0.25, 0.3) is 5.88 Å². The van der Waals surface area contributed by atoms with Crippen LogP contribution in [0.15, 0.2) is 48.5 Å². The van der Waals surface area contributed by atoms with Gasteiger partial charge in [-0.2, -0.15) is 21.6 Å². The third-order valence-corrected chi connectivity index (χ3v) is 5.65. The third-order valence-electron chi connectivity index (χ3n) is 4.71. The third kappa shape index (κ3) is 4.59. The number of ether oxygens (including phenoxy) is 1. The highest BCUT2D eigenvalue weighted by molar-refractivity contribution is 7.88. The maximum absolute atomic E-state index is 12.9. The molecule has 2 aromatic carbocycles. The maximum Gasteiger partial charge on any atom is 0.534 e. The van der Waals surface area contributed by atoms with Crippen molar-refractivity contribution in [2.45, 2.75) is 18.5 Å². The van der Waals surface area contributed by atoms with Crippen LogP contribution in [0.3, 0.4) is 0 Å².